The molecule has 20 heavy (non-hydrogen) atoms. The van der Waals surface area contributed by atoms with Gasteiger partial charge in [0.05, 0.1) is 5.52 Å². The summed E-state index contributed by atoms with van der Waals surface area (Å²) in [4.78, 5) is 26.4. The van der Waals surface area contributed by atoms with Crippen molar-refractivity contribution in [1.29, 1.82) is 0 Å². The normalized spacial score (nSPS) is 15.7. The maximum absolute atomic E-state index is 12.1. The maximum atomic E-state index is 12.1. The summed E-state index contributed by atoms with van der Waals surface area (Å²) in [6.45, 7) is 1.91. The monoisotopic (exact) mass is 270 g/mol. The highest BCUT2D eigenvalue weighted by atomic mass is 16.2. The number of aromatic amines is 1. The third kappa shape index (κ3) is 2.46. The lowest BCUT2D eigenvalue weighted by Crippen LogP contribution is -2.20. The van der Waals surface area contributed by atoms with Crippen molar-refractivity contribution in [1.82, 2.24) is 4.98 Å². The predicted molar refractivity (Wildman–Crippen MR) is 79.9 cm³/mol. The molecule has 1 heterocycles. The van der Waals surface area contributed by atoms with E-state index in [4.69, 9.17) is 0 Å². The molecule has 1 amide bonds. The Morgan fingerprint density at radius 2 is 2.00 bits per heavy atom. The Labute approximate surface area is 117 Å². The Morgan fingerprint density at radius 3 is 2.75 bits per heavy atom. The van der Waals surface area contributed by atoms with E-state index in [0.717, 1.165) is 47.8 Å². The number of aryl methyl sites for hydroxylation is 1. The Kier molecular flexibility index (Phi) is 3.30. The van der Waals surface area contributed by atoms with Crippen LogP contribution in [0.3, 0.4) is 0 Å². The molecule has 3 rings (SSSR count). The van der Waals surface area contributed by atoms with Crippen LogP contribution in [-0.4, -0.2) is 10.9 Å². The van der Waals surface area contributed by atoms with Crippen molar-refractivity contribution in [3.05, 3.63) is 40.2 Å². The quantitative estimate of drug-likeness (QED) is 0.881. The molecule has 0 radical (unpaired) electrons. The molecule has 1 aromatic carbocycles. The first-order valence-electron chi connectivity index (χ1n) is 7.08. The summed E-state index contributed by atoms with van der Waals surface area (Å²) in [5, 5.41) is 3.96. The number of carbonyl (C=O) groups is 1. The van der Waals surface area contributed by atoms with Gasteiger partial charge < -0.3 is 10.3 Å². The van der Waals surface area contributed by atoms with Crippen LogP contribution in [0.1, 0.15) is 31.2 Å². The van der Waals surface area contributed by atoms with Gasteiger partial charge in [-0.2, -0.15) is 0 Å². The highest BCUT2D eigenvalue weighted by Crippen LogP contribution is 2.26. The van der Waals surface area contributed by atoms with Crippen LogP contribution in [0.2, 0.25) is 0 Å². The summed E-state index contributed by atoms with van der Waals surface area (Å²) in [5.74, 6) is 0.235. The second-order valence-electron chi connectivity index (χ2n) is 5.55. The molecule has 1 fully saturated rings. The van der Waals surface area contributed by atoms with Gasteiger partial charge in [-0.05, 0) is 37.5 Å². The molecule has 0 aliphatic heterocycles. The molecular weight excluding hydrogens is 252 g/mol. The van der Waals surface area contributed by atoms with Crippen LogP contribution in [0.25, 0.3) is 10.9 Å². The van der Waals surface area contributed by atoms with Crippen molar-refractivity contribution in [2.45, 2.75) is 32.6 Å². The zero-order valence-electron chi connectivity index (χ0n) is 11.5. The van der Waals surface area contributed by atoms with E-state index in [0.29, 0.717) is 0 Å². The van der Waals surface area contributed by atoms with Crippen molar-refractivity contribution in [2.75, 3.05) is 5.32 Å². The van der Waals surface area contributed by atoms with E-state index in [1.807, 2.05) is 25.1 Å². The van der Waals surface area contributed by atoms with Gasteiger partial charge in [-0.1, -0.05) is 18.9 Å². The molecule has 0 bridgehead atoms. The second-order valence-corrected chi connectivity index (χ2v) is 5.55. The van der Waals surface area contributed by atoms with Crippen LogP contribution in [0.5, 0.6) is 0 Å². The van der Waals surface area contributed by atoms with E-state index < -0.39 is 0 Å². The van der Waals surface area contributed by atoms with Crippen molar-refractivity contribution < 1.29 is 4.79 Å². The fourth-order valence-electron chi connectivity index (χ4n) is 2.94. The molecule has 0 saturated heterocycles. The molecule has 0 spiro atoms. The van der Waals surface area contributed by atoms with Crippen LogP contribution in [0.4, 0.5) is 5.69 Å². The molecule has 1 saturated carbocycles. The van der Waals surface area contributed by atoms with E-state index in [1.165, 1.54) is 0 Å². The molecule has 4 heteroatoms. The largest absolute Gasteiger partial charge is 0.326 e. The van der Waals surface area contributed by atoms with Gasteiger partial charge in [0.1, 0.15) is 0 Å². The molecule has 1 aliphatic carbocycles. The van der Waals surface area contributed by atoms with Crippen LogP contribution in [0.15, 0.2) is 29.1 Å². The molecule has 2 N–H and O–H groups in total. The van der Waals surface area contributed by atoms with Crippen LogP contribution < -0.4 is 10.9 Å². The van der Waals surface area contributed by atoms with Crippen LogP contribution in [-0.2, 0) is 4.79 Å². The first-order chi connectivity index (χ1) is 9.63. The van der Waals surface area contributed by atoms with Crippen LogP contribution >= 0.6 is 0 Å². The fourth-order valence-corrected chi connectivity index (χ4v) is 2.94. The zero-order chi connectivity index (χ0) is 14.1. The van der Waals surface area contributed by atoms with Gasteiger partial charge in [0, 0.05) is 23.1 Å². The average molecular weight is 270 g/mol. The third-order valence-electron chi connectivity index (χ3n) is 4.04. The number of rotatable bonds is 2. The van der Waals surface area contributed by atoms with Gasteiger partial charge in [-0.3, -0.25) is 9.59 Å². The summed E-state index contributed by atoms with van der Waals surface area (Å²) in [6, 6.07) is 7.24. The van der Waals surface area contributed by atoms with Gasteiger partial charge in [-0.15, -0.1) is 0 Å². The van der Waals surface area contributed by atoms with Gasteiger partial charge in [0.15, 0.2) is 0 Å². The minimum absolute atomic E-state index is 0.0943. The van der Waals surface area contributed by atoms with E-state index >= 15 is 0 Å². The first-order valence-corrected chi connectivity index (χ1v) is 7.08. The molecular formula is C16H18N2O2. The number of benzene rings is 1. The zero-order valence-corrected chi connectivity index (χ0v) is 11.5. The fraction of sp³-hybridized carbons (Fsp3) is 0.375. The SMILES string of the molecule is Cc1cc(=O)[nH]c2cc(NC(=O)C3CCCC3)ccc12. The first kappa shape index (κ1) is 12.9. The predicted octanol–water partition coefficient (Wildman–Crippen LogP) is 2.97. The molecule has 0 atom stereocenters. The number of hydrogen-bond donors (Lipinski definition) is 2. The number of fused-ring (bicyclic) bond motifs is 1. The Morgan fingerprint density at radius 1 is 1.25 bits per heavy atom. The van der Waals surface area contributed by atoms with E-state index in [1.54, 1.807) is 6.07 Å². The highest BCUT2D eigenvalue weighted by Gasteiger charge is 2.22. The number of carbonyl (C=O) groups excluding carboxylic acids is 1. The van der Waals surface area contributed by atoms with Gasteiger partial charge in [0.2, 0.25) is 11.5 Å². The van der Waals surface area contributed by atoms with Crippen molar-refractivity contribution in [3.8, 4) is 0 Å². The molecule has 0 unspecified atom stereocenters. The number of pyridine rings is 1. The number of H-pyrrole nitrogens is 1. The number of anilines is 1. The third-order valence-corrected chi connectivity index (χ3v) is 4.04. The molecule has 4 nitrogen and oxygen atoms in total. The molecule has 104 valence electrons. The van der Waals surface area contributed by atoms with Gasteiger partial charge in [-0.25, -0.2) is 0 Å². The van der Waals surface area contributed by atoms with Crippen molar-refractivity contribution in [2.24, 2.45) is 5.92 Å². The minimum atomic E-state index is -0.116. The molecule has 1 aromatic heterocycles. The Balaban J connectivity index is 1.89. The lowest BCUT2D eigenvalue weighted by molar-refractivity contribution is -0.119. The minimum Gasteiger partial charge on any atom is -0.326 e. The number of nitrogens with one attached hydrogen (secondary N) is 2. The lowest BCUT2D eigenvalue weighted by atomic mass is 10.1. The van der Waals surface area contributed by atoms with Gasteiger partial charge in [0.25, 0.3) is 0 Å². The summed E-state index contributed by atoms with van der Waals surface area (Å²) >= 11 is 0. The van der Waals surface area contributed by atoms with E-state index in [9.17, 15) is 9.59 Å². The standard InChI is InChI=1S/C16H18N2O2/c1-10-8-15(19)18-14-9-12(6-7-13(10)14)17-16(20)11-4-2-3-5-11/h6-9,11H,2-5H2,1H3,(H,17,20)(H,18,19). The maximum Gasteiger partial charge on any atom is 0.248 e. The van der Waals surface area contributed by atoms with Crippen LogP contribution in [0, 0.1) is 12.8 Å². The summed E-state index contributed by atoms with van der Waals surface area (Å²) in [6.07, 6.45) is 4.25. The summed E-state index contributed by atoms with van der Waals surface area (Å²) < 4.78 is 0. The molecule has 1 aliphatic rings. The summed E-state index contributed by atoms with van der Waals surface area (Å²) in [7, 11) is 0. The van der Waals surface area contributed by atoms with Gasteiger partial charge >= 0.3 is 0 Å². The topological polar surface area (TPSA) is 62.0 Å². The lowest BCUT2D eigenvalue weighted by Gasteiger charge is -2.11. The van der Waals surface area contributed by atoms with E-state index in [-0.39, 0.29) is 17.4 Å². The summed E-state index contributed by atoms with van der Waals surface area (Å²) in [5.41, 5.74) is 2.33. The van der Waals surface area contributed by atoms with Crippen molar-refractivity contribution in [3.63, 3.8) is 0 Å². The number of hydrogen-bond acceptors (Lipinski definition) is 2. The average Bonchev–Trinajstić information content (AvgIpc) is 2.91. The van der Waals surface area contributed by atoms with Crippen molar-refractivity contribution >= 4 is 22.5 Å². The van der Waals surface area contributed by atoms with E-state index in [2.05, 4.69) is 10.3 Å². The smallest absolute Gasteiger partial charge is 0.248 e. The number of amides is 1. The Hall–Kier alpha value is -2.10. The second kappa shape index (κ2) is 5.12. The molecule has 2 aromatic rings. The Bertz CT molecular complexity index is 712. The highest BCUT2D eigenvalue weighted by molar-refractivity contribution is 5.95. The number of aromatic nitrogens is 1.